The number of nitrogens with zero attached hydrogens (tertiary/aromatic N) is 1. The van der Waals surface area contributed by atoms with Gasteiger partial charge in [0.25, 0.3) is 0 Å². The van der Waals surface area contributed by atoms with Gasteiger partial charge in [0, 0.05) is 20.1 Å². The monoisotopic (exact) mass is 185 g/mol. The van der Waals surface area contributed by atoms with Gasteiger partial charge in [-0.25, -0.2) is 4.79 Å². The Hall–Kier alpha value is -0.770. The number of rotatable bonds is 3. The second-order valence-electron chi connectivity index (χ2n) is 3.51. The Bertz CT molecular complexity index is 172. The van der Waals surface area contributed by atoms with Gasteiger partial charge >= 0.3 is 6.03 Å². The van der Waals surface area contributed by atoms with E-state index in [1.165, 1.54) is 13.0 Å². The molecule has 0 bridgehead atoms. The van der Waals surface area contributed by atoms with Crippen LogP contribution >= 0.6 is 0 Å². The van der Waals surface area contributed by atoms with Crippen LogP contribution in [0, 0.1) is 5.92 Å². The summed E-state index contributed by atoms with van der Waals surface area (Å²) in [5.74, 6) is 0.636. The molecule has 0 aromatic heterocycles. The highest BCUT2D eigenvalue weighted by atomic mass is 16.2. The van der Waals surface area contributed by atoms with Crippen molar-refractivity contribution in [2.24, 2.45) is 5.92 Å². The summed E-state index contributed by atoms with van der Waals surface area (Å²) in [4.78, 5) is 13.3. The molecule has 13 heavy (non-hydrogen) atoms. The van der Waals surface area contributed by atoms with E-state index in [0.717, 1.165) is 19.6 Å². The van der Waals surface area contributed by atoms with Crippen LogP contribution in [0.5, 0.6) is 0 Å². The van der Waals surface area contributed by atoms with Gasteiger partial charge in [-0.15, -0.1) is 0 Å². The van der Waals surface area contributed by atoms with Crippen molar-refractivity contribution >= 4 is 6.03 Å². The normalized spacial score (nSPS) is 23.1. The molecule has 4 heteroatoms. The minimum absolute atomic E-state index is 0.0741. The lowest BCUT2D eigenvalue weighted by Gasteiger charge is -2.13. The molecule has 76 valence electrons. The molecular formula is C9H19N3O. The first-order chi connectivity index (χ1) is 6.26. The first kappa shape index (κ1) is 10.3. The van der Waals surface area contributed by atoms with Crippen molar-refractivity contribution in [3.63, 3.8) is 0 Å². The molecule has 0 aliphatic carbocycles. The summed E-state index contributed by atoms with van der Waals surface area (Å²) in [5.41, 5.74) is 0. The van der Waals surface area contributed by atoms with E-state index in [9.17, 15) is 4.79 Å². The van der Waals surface area contributed by atoms with Crippen molar-refractivity contribution in [3.05, 3.63) is 0 Å². The minimum atomic E-state index is -0.0741. The van der Waals surface area contributed by atoms with Crippen LogP contribution in [0.1, 0.15) is 13.3 Å². The van der Waals surface area contributed by atoms with Crippen LogP contribution in [0.3, 0.4) is 0 Å². The van der Waals surface area contributed by atoms with Crippen LogP contribution in [0.15, 0.2) is 0 Å². The van der Waals surface area contributed by atoms with Crippen molar-refractivity contribution < 1.29 is 4.79 Å². The summed E-state index contributed by atoms with van der Waals surface area (Å²) in [6.07, 6.45) is 1.21. The van der Waals surface area contributed by atoms with Gasteiger partial charge in [-0.2, -0.15) is 0 Å². The number of hydrogen-bond donors (Lipinski definition) is 2. The predicted molar refractivity (Wildman–Crippen MR) is 52.7 cm³/mol. The lowest BCUT2D eigenvalue weighted by molar-refractivity contribution is 0.240. The number of hydrogen-bond acceptors (Lipinski definition) is 2. The Morgan fingerprint density at radius 1 is 1.62 bits per heavy atom. The van der Waals surface area contributed by atoms with E-state index in [-0.39, 0.29) is 6.03 Å². The lowest BCUT2D eigenvalue weighted by atomic mass is 10.1. The summed E-state index contributed by atoms with van der Waals surface area (Å²) in [5, 5.41) is 5.39. The topological polar surface area (TPSA) is 44.4 Å². The molecular weight excluding hydrogens is 166 g/mol. The maximum absolute atomic E-state index is 10.9. The number of likely N-dealkylation sites (tertiary alicyclic amines) is 1. The average Bonchev–Trinajstić information content (AvgIpc) is 2.61. The fraction of sp³-hybridized carbons (Fsp3) is 0.889. The van der Waals surface area contributed by atoms with Crippen LogP contribution in [-0.2, 0) is 0 Å². The molecule has 0 radical (unpaired) electrons. The van der Waals surface area contributed by atoms with Crippen molar-refractivity contribution in [3.8, 4) is 0 Å². The smallest absolute Gasteiger partial charge is 0.314 e. The average molecular weight is 185 g/mol. The minimum Gasteiger partial charge on any atom is -0.341 e. The third-order valence-corrected chi connectivity index (χ3v) is 2.60. The molecule has 1 unspecified atom stereocenters. The zero-order valence-electron chi connectivity index (χ0n) is 8.47. The van der Waals surface area contributed by atoms with Crippen LogP contribution in [-0.4, -0.2) is 44.2 Å². The summed E-state index contributed by atoms with van der Waals surface area (Å²) in [6.45, 7) is 6.40. The highest BCUT2D eigenvalue weighted by molar-refractivity contribution is 5.73. The number of amides is 2. The number of carbonyl (C=O) groups excluding carboxylic acids is 1. The van der Waals surface area contributed by atoms with Gasteiger partial charge in [0.15, 0.2) is 0 Å². The second-order valence-corrected chi connectivity index (χ2v) is 3.51. The van der Waals surface area contributed by atoms with E-state index in [4.69, 9.17) is 0 Å². The Labute approximate surface area is 79.7 Å². The molecule has 0 saturated carbocycles. The lowest BCUT2D eigenvalue weighted by Crippen LogP contribution is -2.36. The standard InChI is InChI=1S/C9H19N3O/c1-3-12-5-4-8(7-12)6-11-9(13)10-2/h8H,3-7H2,1-2H3,(H2,10,11,13). The third kappa shape index (κ3) is 3.22. The SMILES string of the molecule is CCN1CCC(CNC(=O)NC)C1. The predicted octanol–water partition coefficient (Wildman–Crippen LogP) is 0.257. The summed E-state index contributed by atoms with van der Waals surface area (Å²) in [7, 11) is 1.64. The molecule has 1 fully saturated rings. The molecule has 0 spiro atoms. The molecule has 1 rings (SSSR count). The maximum atomic E-state index is 10.9. The van der Waals surface area contributed by atoms with E-state index < -0.39 is 0 Å². The highest BCUT2D eigenvalue weighted by Crippen LogP contribution is 2.14. The molecule has 2 amide bonds. The van der Waals surface area contributed by atoms with Gasteiger partial charge < -0.3 is 15.5 Å². The molecule has 1 saturated heterocycles. The number of nitrogens with one attached hydrogen (secondary N) is 2. The molecule has 0 aromatic rings. The Morgan fingerprint density at radius 3 is 2.92 bits per heavy atom. The third-order valence-electron chi connectivity index (χ3n) is 2.60. The first-order valence-corrected chi connectivity index (χ1v) is 4.94. The van der Waals surface area contributed by atoms with Crippen LogP contribution in [0.25, 0.3) is 0 Å². The molecule has 1 aliphatic heterocycles. The summed E-state index contributed by atoms with van der Waals surface area (Å²) in [6, 6.07) is -0.0741. The Kier molecular flexibility index (Phi) is 4.02. The fourth-order valence-corrected chi connectivity index (χ4v) is 1.69. The van der Waals surface area contributed by atoms with Crippen LogP contribution in [0.2, 0.25) is 0 Å². The van der Waals surface area contributed by atoms with Crippen molar-refractivity contribution in [1.82, 2.24) is 15.5 Å². The van der Waals surface area contributed by atoms with Crippen molar-refractivity contribution in [2.75, 3.05) is 33.2 Å². The maximum Gasteiger partial charge on any atom is 0.314 e. The molecule has 1 heterocycles. The molecule has 0 aromatic carbocycles. The van der Waals surface area contributed by atoms with E-state index in [1.807, 2.05) is 0 Å². The van der Waals surface area contributed by atoms with E-state index in [0.29, 0.717) is 5.92 Å². The summed E-state index contributed by atoms with van der Waals surface area (Å²) < 4.78 is 0. The Balaban J connectivity index is 2.13. The van der Waals surface area contributed by atoms with Gasteiger partial charge in [0.2, 0.25) is 0 Å². The van der Waals surface area contributed by atoms with E-state index in [2.05, 4.69) is 22.5 Å². The van der Waals surface area contributed by atoms with E-state index in [1.54, 1.807) is 7.05 Å². The van der Waals surface area contributed by atoms with Gasteiger partial charge in [0.1, 0.15) is 0 Å². The molecule has 1 aliphatic rings. The number of carbonyl (C=O) groups is 1. The quantitative estimate of drug-likeness (QED) is 0.662. The molecule has 2 N–H and O–H groups in total. The first-order valence-electron chi connectivity index (χ1n) is 4.94. The number of urea groups is 1. The van der Waals surface area contributed by atoms with E-state index >= 15 is 0 Å². The largest absolute Gasteiger partial charge is 0.341 e. The highest BCUT2D eigenvalue weighted by Gasteiger charge is 2.20. The molecule has 4 nitrogen and oxygen atoms in total. The van der Waals surface area contributed by atoms with Crippen LogP contribution in [0.4, 0.5) is 4.79 Å². The van der Waals surface area contributed by atoms with Crippen LogP contribution < -0.4 is 10.6 Å². The van der Waals surface area contributed by atoms with Gasteiger partial charge in [-0.1, -0.05) is 6.92 Å². The van der Waals surface area contributed by atoms with Gasteiger partial charge in [-0.05, 0) is 25.4 Å². The van der Waals surface area contributed by atoms with Gasteiger partial charge in [0.05, 0.1) is 0 Å². The second kappa shape index (κ2) is 5.07. The molecule has 1 atom stereocenters. The van der Waals surface area contributed by atoms with Crippen molar-refractivity contribution in [2.45, 2.75) is 13.3 Å². The van der Waals surface area contributed by atoms with Crippen molar-refractivity contribution in [1.29, 1.82) is 0 Å². The van der Waals surface area contributed by atoms with Gasteiger partial charge in [-0.3, -0.25) is 0 Å². The summed E-state index contributed by atoms with van der Waals surface area (Å²) >= 11 is 0. The zero-order chi connectivity index (χ0) is 9.68. The fourth-order valence-electron chi connectivity index (χ4n) is 1.69. The Morgan fingerprint density at radius 2 is 2.38 bits per heavy atom. The zero-order valence-corrected chi connectivity index (χ0v) is 8.47.